The minimum atomic E-state index is -3.57. The Morgan fingerprint density at radius 2 is 2.00 bits per heavy atom. The highest BCUT2D eigenvalue weighted by Crippen LogP contribution is 2.30. The lowest BCUT2D eigenvalue weighted by molar-refractivity contribution is 0.0827. The molecule has 0 spiro atoms. The maximum Gasteiger partial charge on any atom is 0.241 e. The second-order valence-corrected chi connectivity index (χ2v) is 8.09. The van der Waals surface area contributed by atoms with Crippen molar-refractivity contribution in [1.82, 2.24) is 9.62 Å². The first kappa shape index (κ1) is 15.1. The third-order valence-electron chi connectivity index (χ3n) is 4.55. The van der Waals surface area contributed by atoms with E-state index in [9.17, 15) is 8.42 Å². The number of nitrogens with zero attached hydrogens (tertiary/aromatic N) is 1. The van der Waals surface area contributed by atoms with E-state index in [0.29, 0.717) is 16.5 Å². The van der Waals surface area contributed by atoms with Gasteiger partial charge in [0.25, 0.3) is 0 Å². The average Bonchev–Trinajstić information content (AvgIpc) is 2.43. The SMILES string of the molecule is Cc1cc(Cl)c(N)cc1S(=O)(=O)NC1CN2CCC1CC2. The lowest BCUT2D eigenvalue weighted by Gasteiger charge is -2.44. The highest BCUT2D eigenvalue weighted by Gasteiger charge is 2.36. The first-order valence-corrected chi connectivity index (χ1v) is 9.03. The van der Waals surface area contributed by atoms with Gasteiger partial charge in [0.1, 0.15) is 0 Å². The summed E-state index contributed by atoms with van der Waals surface area (Å²) in [5.41, 5.74) is 6.65. The van der Waals surface area contributed by atoms with E-state index in [1.165, 1.54) is 6.07 Å². The van der Waals surface area contributed by atoms with E-state index in [2.05, 4.69) is 9.62 Å². The van der Waals surface area contributed by atoms with Crippen molar-refractivity contribution in [2.24, 2.45) is 5.92 Å². The first-order chi connectivity index (χ1) is 9.87. The maximum absolute atomic E-state index is 12.6. The summed E-state index contributed by atoms with van der Waals surface area (Å²) >= 11 is 5.93. The molecule has 3 fully saturated rings. The van der Waals surface area contributed by atoms with E-state index in [0.717, 1.165) is 32.5 Å². The first-order valence-electron chi connectivity index (χ1n) is 7.17. The van der Waals surface area contributed by atoms with Gasteiger partial charge in [-0.3, -0.25) is 0 Å². The van der Waals surface area contributed by atoms with Crippen LogP contribution in [0.25, 0.3) is 0 Å². The van der Waals surface area contributed by atoms with Crippen molar-refractivity contribution in [2.45, 2.75) is 30.7 Å². The van der Waals surface area contributed by atoms with Gasteiger partial charge in [-0.25, -0.2) is 13.1 Å². The predicted octanol–water partition coefficient (Wildman–Crippen LogP) is 1.60. The number of nitrogens with one attached hydrogen (secondary N) is 1. The van der Waals surface area contributed by atoms with E-state index in [1.54, 1.807) is 13.0 Å². The van der Waals surface area contributed by atoms with Gasteiger partial charge in [0.2, 0.25) is 10.0 Å². The molecule has 0 saturated carbocycles. The highest BCUT2D eigenvalue weighted by molar-refractivity contribution is 7.89. The zero-order valence-electron chi connectivity index (χ0n) is 12.0. The molecule has 1 aromatic rings. The van der Waals surface area contributed by atoms with Gasteiger partial charge in [-0.15, -0.1) is 0 Å². The lowest BCUT2D eigenvalue weighted by Crippen LogP contribution is -2.57. The Kier molecular flexibility index (Phi) is 3.90. The van der Waals surface area contributed by atoms with Gasteiger partial charge in [-0.1, -0.05) is 11.6 Å². The summed E-state index contributed by atoms with van der Waals surface area (Å²) in [5.74, 6) is 0.440. The minimum Gasteiger partial charge on any atom is -0.397 e. The fourth-order valence-corrected chi connectivity index (χ4v) is 5.10. The number of rotatable bonds is 3. The summed E-state index contributed by atoms with van der Waals surface area (Å²) in [6.45, 7) is 4.69. The monoisotopic (exact) mass is 329 g/mol. The summed E-state index contributed by atoms with van der Waals surface area (Å²) in [6.07, 6.45) is 2.13. The molecule has 3 aliphatic heterocycles. The molecule has 1 unspecified atom stereocenters. The number of nitrogens with two attached hydrogens (primary N) is 1. The summed E-state index contributed by atoms with van der Waals surface area (Å²) < 4.78 is 28.1. The number of aryl methyl sites for hydroxylation is 1. The van der Waals surface area contributed by atoms with Crippen LogP contribution in [0.3, 0.4) is 0 Å². The van der Waals surface area contributed by atoms with Crippen molar-refractivity contribution < 1.29 is 8.42 Å². The number of hydrogen-bond acceptors (Lipinski definition) is 4. The Bertz CT molecular complexity index is 654. The third-order valence-corrected chi connectivity index (χ3v) is 6.51. The van der Waals surface area contributed by atoms with Crippen LogP contribution in [0, 0.1) is 12.8 Å². The Balaban J connectivity index is 1.86. The lowest BCUT2D eigenvalue weighted by atomic mass is 9.85. The van der Waals surface area contributed by atoms with Crippen molar-refractivity contribution in [3.05, 3.63) is 22.7 Å². The van der Waals surface area contributed by atoms with Crippen LogP contribution in [0.5, 0.6) is 0 Å². The summed E-state index contributed by atoms with van der Waals surface area (Å²) in [7, 11) is -3.57. The largest absolute Gasteiger partial charge is 0.397 e. The van der Waals surface area contributed by atoms with Crippen LogP contribution >= 0.6 is 11.6 Å². The fraction of sp³-hybridized carbons (Fsp3) is 0.571. The number of benzene rings is 1. The molecule has 4 rings (SSSR count). The number of piperidine rings is 3. The van der Waals surface area contributed by atoms with E-state index < -0.39 is 10.0 Å². The third kappa shape index (κ3) is 2.90. The molecule has 3 heterocycles. The molecule has 7 heteroatoms. The number of nitrogen functional groups attached to an aromatic ring is 1. The maximum atomic E-state index is 12.6. The molecular formula is C14H20ClN3O2S. The van der Waals surface area contributed by atoms with Gasteiger partial charge in [0, 0.05) is 12.6 Å². The van der Waals surface area contributed by atoms with Crippen molar-refractivity contribution in [2.75, 3.05) is 25.4 Å². The van der Waals surface area contributed by atoms with Crippen LogP contribution in [0.15, 0.2) is 17.0 Å². The van der Waals surface area contributed by atoms with Gasteiger partial charge >= 0.3 is 0 Å². The molecule has 1 aromatic carbocycles. The van der Waals surface area contributed by atoms with Gasteiger partial charge < -0.3 is 10.6 Å². The molecule has 116 valence electrons. The van der Waals surface area contributed by atoms with Gasteiger partial charge in [0.15, 0.2) is 0 Å². The molecule has 0 radical (unpaired) electrons. The van der Waals surface area contributed by atoms with Crippen LogP contribution in [0.2, 0.25) is 5.02 Å². The topological polar surface area (TPSA) is 75.4 Å². The van der Waals surface area contributed by atoms with Gasteiger partial charge in [-0.2, -0.15) is 0 Å². The molecule has 0 aromatic heterocycles. The van der Waals surface area contributed by atoms with E-state index >= 15 is 0 Å². The zero-order chi connectivity index (χ0) is 15.2. The van der Waals surface area contributed by atoms with E-state index in [-0.39, 0.29) is 16.6 Å². The zero-order valence-corrected chi connectivity index (χ0v) is 13.5. The average molecular weight is 330 g/mol. The second kappa shape index (κ2) is 5.43. The van der Waals surface area contributed by atoms with Crippen LogP contribution in [0.4, 0.5) is 5.69 Å². The Morgan fingerprint density at radius 3 is 2.57 bits per heavy atom. The van der Waals surface area contributed by atoms with Crippen LogP contribution in [0.1, 0.15) is 18.4 Å². The van der Waals surface area contributed by atoms with Crippen LogP contribution < -0.4 is 10.5 Å². The van der Waals surface area contributed by atoms with Crippen LogP contribution in [-0.2, 0) is 10.0 Å². The van der Waals surface area contributed by atoms with E-state index in [1.807, 2.05) is 0 Å². The van der Waals surface area contributed by atoms with Crippen molar-refractivity contribution in [3.63, 3.8) is 0 Å². The summed E-state index contributed by atoms with van der Waals surface area (Å²) in [5, 5.41) is 0.384. The Hall–Kier alpha value is -0.820. The fourth-order valence-electron chi connectivity index (χ4n) is 3.32. The van der Waals surface area contributed by atoms with Crippen molar-refractivity contribution >= 4 is 27.3 Å². The molecule has 5 nitrogen and oxygen atoms in total. The summed E-state index contributed by atoms with van der Waals surface area (Å²) in [6, 6.07) is 3.04. The number of fused-ring (bicyclic) bond motifs is 3. The number of sulfonamides is 1. The normalized spacial score (nSPS) is 28.8. The molecule has 21 heavy (non-hydrogen) atoms. The Morgan fingerprint density at radius 1 is 1.33 bits per heavy atom. The van der Waals surface area contributed by atoms with Crippen molar-refractivity contribution in [1.29, 1.82) is 0 Å². The van der Waals surface area contributed by atoms with Gasteiger partial charge in [0.05, 0.1) is 15.6 Å². The Labute approximate surface area is 130 Å². The molecule has 1 atom stereocenters. The molecule has 3 N–H and O–H groups in total. The van der Waals surface area contributed by atoms with Crippen LogP contribution in [-0.4, -0.2) is 39.0 Å². The van der Waals surface area contributed by atoms with Gasteiger partial charge in [-0.05, 0) is 56.5 Å². The quantitative estimate of drug-likeness (QED) is 0.826. The van der Waals surface area contributed by atoms with Crippen molar-refractivity contribution in [3.8, 4) is 0 Å². The predicted molar refractivity (Wildman–Crippen MR) is 83.9 cm³/mol. The number of halogens is 1. The molecule has 3 saturated heterocycles. The van der Waals surface area contributed by atoms with E-state index in [4.69, 9.17) is 17.3 Å². The number of hydrogen-bond donors (Lipinski definition) is 2. The molecule has 3 aliphatic rings. The molecule has 0 aliphatic carbocycles. The molecular weight excluding hydrogens is 310 g/mol. The standard InChI is InChI=1S/C14H20ClN3O2S/c1-9-6-11(15)12(16)7-14(9)21(19,20)17-13-8-18-4-2-10(13)3-5-18/h6-7,10,13,17H,2-5,8,16H2,1H3. The number of anilines is 1. The smallest absolute Gasteiger partial charge is 0.241 e. The minimum absolute atomic E-state index is 0.00574. The second-order valence-electron chi connectivity index (χ2n) is 6.01. The summed E-state index contributed by atoms with van der Waals surface area (Å²) in [4.78, 5) is 2.54. The highest BCUT2D eigenvalue weighted by atomic mass is 35.5. The molecule has 2 bridgehead atoms. The molecule has 0 amide bonds.